The minimum atomic E-state index is 0.449. The molecule has 0 radical (unpaired) electrons. The van der Waals surface area contributed by atoms with Gasteiger partial charge in [-0.05, 0) is 50.6 Å². The topological polar surface area (TPSA) is 34.1 Å². The normalized spacial score (nSPS) is 18.9. The lowest BCUT2D eigenvalue weighted by atomic mass is 10.1. The fourth-order valence-corrected chi connectivity index (χ4v) is 3.47. The van der Waals surface area contributed by atoms with E-state index in [0.717, 1.165) is 23.6 Å². The molecule has 0 aliphatic carbocycles. The number of rotatable bonds is 4. The van der Waals surface area contributed by atoms with E-state index in [2.05, 4.69) is 22.8 Å². The molecule has 1 N–H and O–H groups in total. The molecule has 1 unspecified atom stereocenters. The molecule has 20 heavy (non-hydrogen) atoms. The van der Waals surface area contributed by atoms with Gasteiger partial charge in [-0.25, -0.2) is 4.98 Å². The van der Waals surface area contributed by atoms with Gasteiger partial charge in [0.25, 0.3) is 0 Å². The molecule has 1 aliphatic rings. The van der Waals surface area contributed by atoms with E-state index in [0.29, 0.717) is 12.6 Å². The minimum absolute atomic E-state index is 0.449. The number of benzene rings is 1. The molecule has 3 nitrogen and oxygen atoms in total. The lowest BCUT2D eigenvalue weighted by Gasteiger charge is -2.21. The van der Waals surface area contributed by atoms with Gasteiger partial charge in [0.2, 0.25) is 0 Å². The van der Waals surface area contributed by atoms with Crippen LogP contribution in [0.4, 0.5) is 0 Å². The molecule has 1 aromatic carbocycles. The zero-order chi connectivity index (χ0) is 13.8. The Morgan fingerprint density at radius 3 is 2.85 bits per heavy atom. The first-order valence-corrected chi connectivity index (χ1v) is 8.17. The number of ether oxygens (including phenoxy) is 1. The Morgan fingerprint density at radius 2 is 2.15 bits per heavy atom. The number of nitrogens with one attached hydrogen (secondary N) is 1. The van der Waals surface area contributed by atoms with E-state index in [1.807, 2.05) is 19.1 Å². The average Bonchev–Trinajstić information content (AvgIpc) is 2.99. The summed E-state index contributed by atoms with van der Waals surface area (Å²) in [5.74, 6) is 0.917. The third kappa shape index (κ3) is 3.02. The number of hydrogen-bond acceptors (Lipinski definition) is 4. The van der Waals surface area contributed by atoms with Crippen molar-refractivity contribution in [3.05, 3.63) is 34.7 Å². The van der Waals surface area contributed by atoms with Gasteiger partial charge >= 0.3 is 0 Å². The third-order valence-electron chi connectivity index (χ3n) is 3.59. The summed E-state index contributed by atoms with van der Waals surface area (Å²) in [5, 5.41) is 6.92. The molecule has 2 heterocycles. The molecule has 1 saturated heterocycles. The van der Waals surface area contributed by atoms with E-state index in [1.54, 1.807) is 11.3 Å². The van der Waals surface area contributed by atoms with Gasteiger partial charge in [-0.15, -0.1) is 11.3 Å². The van der Waals surface area contributed by atoms with Crippen LogP contribution in [0.5, 0.6) is 5.75 Å². The van der Waals surface area contributed by atoms with Crippen LogP contribution >= 0.6 is 11.3 Å². The number of piperidine rings is 1. The fourth-order valence-electron chi connectivity index (χ4n) is 2.53. The Hall–Kier alpha value is -1.39. The van der Waals surface area contributed by atoms with Crippen molar-refractivity contribution in [2.75, 3.05) is 13.2 Å². The third-order valence-corrected chi connectivity index (χ3v) is 4.55. The lowest BCUT2D eigenvalue weighted by Crippen LogP contribution is -2.26. The van der Waals surface area contributed by atoms with Crippen LogP contribution in [0.3, 0.4) is 0 Å². The summed E-state index contributed by atoms with van der Waals surface area (Å²) in [6.07, 6.45) is 3.79. The summed E-state index contributed by atoms with van der Waals surface area (Å²) in [6.45, 7) is 3.81. The van der Waals surface area contributed by atoms with Crippen LogP contribution in [-0.4, -0.2) is 18.1 Å². The Kier molecular flexibility index (Phi) is 4.33. The van der Waals surface area contributed by atoms with Crippen molar-refractivity contribution in [1.29, 1.82) is 0 Å². The van der Waals surface area contributed by atoms with Gasteiger partial charge in [0, 0.05) is 10.9 Å². The first-order chi connectivity index (χ1) is 9.86. The standard InChI is InChI=1S/C16H20N2OS/c1-2-19-13-8-6-12(7-9-13)15-11-20-16(18-15)14-5-3-4-10-17-14/h6-9,11,14,17H,2-5,10H2,1H3. The number of hydrogen-bond donors (Lipinski definition) is 1. The molecule has 0 spiro atoms. The van der Waals surface area contributed by atoms with E-state index in [4.69, 9.17) is 9.72 Å². The highest BCUT2D eigenvalue weighted by molar-refractivity contribution is 7.10. The van der Waals surface area contributed by atoms with Crippen molar-refractivity contribution >= 4 is 11.3 Å². The SMILES string of the molecule is CCOc1ccc(-c2csc(C3CCCCN3)n2)cc1. The Bertz CT molecular complexity index is 544. The molecule has 106 valence electrons. The maximum atomic E-state index is 5.47. The molecule has 0 saturated carbocycles. The highest BCUT2D eigenvalue weighted by atomic mass is 32.1. The van der Waals surface area contributed by atoms with Gasteiger partial charge in [0.05, 0.1) is 18.3 Å². The van der Waals surface area contributed by atoms with Gasteiger partial charge in [-0.3, -0.25) is 0 Å². The van der Waals surface area contributed by atoms with Gasteiger partial charge in [0.1, 0.15) is 10.8 Å². The van der Waals surface area contributed by atoms with Crippen LogP contribution in [0.2, 0.25) is 0 Å². The van der Waals surface area contributed by atoms with Crippen molar-refractivity contribution < 1.29 is 4.74 Å². The van der Waals surface area contributed by atoms with Crippen LogP contribution < -0.4 is 10.1 Å². The Labute approximate surface area is 124 Å². The molecule has 4 heteroatoms. The lowest BCUT2D eigenvalue weighted by molar-refractivity contribution is 0.340. The largest absolute Gasteiger partial charge is 0.494 e. The zero-order valence-electron chi connectivity index (χ0n) is 11.8. The Morgan fingerprint density at radius 1 is 1.30 bits per heavy atom. The van der Waals surface area contributed by atoms with Crippen LogP contribution in [0.25, 0.3) is 11.3 Å². The summed E-state index contributed by atoms with van der Waals surface area (Å²) < 4.78 is 5.47. The van der Waals surface area contributed by atoms with E-state index in [9.17, 15) is 0 Å². The van der Waals surface area contributed by atoms with Crippen molar-refractivity contribution in [1.82, 2.24) is 10.3 Å². The van der Waals surface area contributed by atoms with Crippen molar-refractivity contribution in [3.8, 4) is 17.0 Å². The van der Waals surface area contributed by atoms with Gasteiger partial charge in [0.15, 0.2) is 0 Å². The van der Waals surface area contributed by atoms with Crippen molar-refractivity contribution in [2.45, 2.75) is 32.2 Å². The highest BCUT2D eigenvalue weighted by Crippen LogP contribution is 2.30. The quantitative estimate of drug-likeness (QED) is 0.922. The molecule has 0 bridgehead atoms. The molecule has 1 aliphatic heterocycles. The number of thiazole rings is 1. The zero-order valence-corrected chi connectivity index (χ0v) is 12.6. The maximum absolute atomic E-state index is 5.47. The summed E-state index contributed by atoms with van der Waals surface area (Å²) in [5.41, 5.74) is 2.23. The molecule has 1 atom stereocenters. The first kappa shape index (κ1) is 13.6. The van der Waals surface area contributed by atoms with E-state index in [1.165, 1.54) is 24.3 Å². The molecular weight excluding hydrogens is 268 g/mol. The van der Waals surface area contributed by atoms with Crippen molar-refractivity contribution in [2.24, 2.45) is 0 Å². The molecule has 0 amide bonds. The summed E-state index contributed by atoms with van der Waals surface area (Å²) >= 11 is 1.76. The fraction of sp³-hybridized carbons (Fsp3) is 0.438. The monoisotopic (exact) mass is 288 g/mol. The van der Waals surface area contributed by atoms with Gasteiger partial charge in [-0.1, -0.05) is 6.42 Å². The van der Waals surface area contributed by atoms with Crippen LogP contribution in [0.15, 0.2) is 29.6 Å². The van der Waals surface area contributed by atoms with Gasteiger partial charge in [-0.2, -0.15) is 0 Å². The molecular formula is C16H20N2OS. The second kappa shape index (κ2) is 6.37. The smallest absolute Gasteiger partial charge is 0.119 e. The first-order valence-electron chi connectivity index (χ1n) is 7.29. The molecule has 3 rings (SSSR count). The van der Waals surface area contributed by atoms with E-state index >= 15 is 0 Å². The second-order valence-electron chi connectivity index (χ2n) is 5.03. The summed E-state index contributed by atoms with van der Waals surface area (Å²) in [6, 6.07) is 8.63. The average molecular weight is 288 g/mol. The minimum Gasteiger partial charge on any atom is -0.494 e. The van der Waals surface area contributed by atoms with Crippen LogP contribution in [0, 0.1) is 0 Å². The van der Waals surface area contributed by atoms with Gasteiger partial charge < -0.3 is 10.1 Å². The number of aromatic nitrogens is 1. The summed E-state index contributed by atoms with van der Waals surface area (Å²) in [4.78, 5) is 4.80. The molecule has 1 aromatic heterocycles. The molecule has 2 aromatic rings. The number of nitrogens with zero attached hydrogens (tertiary/aromatic N) is 1. The molecule has 1 fully saturated rings. The van der Waals surface area contributed by atoms with Crippen molar-refractivity contribution in [3.63, 3.8) is 0 Å². The predicted octanol–water partition coefficient (Wildman–Crippen LogP) is 4.02. The summed E-state index contributed by atoms with van der Waals surface area (Å²) in [7, 11) is 0. The predicted molar refractivity (Wildman–Crippen MR) is 83.3 cm³/mol. The van der Waals surface area contributed by atoms with Crippen LogP contribution in [0.1, 0.15) is 37.2 Å². The highest BCUT2D eigenvalue weighted by Gasteiger charge is 2.18. The van der Waals surface area contributed by atoms with Crippen LogP contribution in [-0.2, 0) is 0 Å². The van der Waals surface area contributed by atoms with E-state index in [-0.39, 0.29) is 0 Å². The Balaban J connectivity index is 1.75. The second-order valence-corrected chi connectivity index (χ2v) is 5.92. The van der Waals surface area contributed by atoms with E-state index < -0.39 is 0 Å². The maximum Gasteiger partial charge on any atom is 0.119 e.